The van der Waals surface area contributed by atoms with Crippen molar-refractivity contribution < 1.29 is 23.9 Å². The molecule has 3 fully saturated rings. The Hall–Kier alpha value is -1.14. The second kappa shape index (κ2) is 9.06. The first kappa shape index (κ1) is 25.9. The van der Waals surface area contributed by atoms with Crippen LogP contribution in [0.5, 0.6) is 0 Å². The molecule has 5 nitrogen and oxygen atoms in total. The van der Waals surface area contributed by atoms with Gasteiger partial charge in [0.1, 0.15) is 5.60 Å². The highest BCUT2D eigenvalue weighted by molar-refractivity contribution is 8.14. The predicted molar refractivity (Wildman–Crippen MR) is 134 cm³/mol. The lowest BCUT2D eigenvalue weighted by Crippen LogP contribution is -2.55. The molecule has 0 amide bonds. The lowest BCUT2D eigenvalue weighted by molar-refractivity contribution is -0.165. The largest absolute Gasteiger partial charge is 0.459 e. The Morgan fingerprint density at radius 1 is 1.18 bits per heavy atom. The van der Waals surface area contributed by atoms with Crippen LogP contribution in [0.2, 0.25) is 0 Å². The van der Waals surface area contributed by atoms with E-state index in [9.17, 15) is 14.4 Å². The number of allylic oxidation sites excluding steroid dienone is 2. The van der Waals surface area contributed by atoms with Crippen molar-refractivity contribution in [1.29, 1.82) is 0 Å². The average Bonchev–Trinajstić information content (AvgIpc) is 3.09. The molecular formula is C28H42O5S. The summed E-state index contributed by atoms with van der Waals surface area (Å²) in [7, 11) is 0. The molecule has 3 aliphatic carbocycles. The van der Waals surface area contributed by atoms with E-state index in [1.54, 1.807) is 0 Å². The molecule has 1 aliphatic heterocycles. The summed E-state index contributed by atoms with van der Waals surface area (Å²) >= 11 is 1.48. The van der Waals surface area contributed by atoms with E-state index in [0.29, 0.717) is 37.7 Å². The molecule has 6 atom stereocenters. The van der Waals surface area contributed by atoms with Crippen molar-refractivity contribution in [1.82, 2.24) is 0 Å². The van der Waals surface area contributed by atoms with Gasteiger partial charge in [-0.2, -0.15) is 0 Å². The van der Waals surface area contributed by atoms with Crippen LogP contribution in [0.4, 0.5) is 0 Å². The normalized spacial score (nSPS) is 40.3. The van der Waals surface area contributed by atoms with E-state index in [4.69, 9.17) is 9.47 Å². The SMILES string of the molecule is CCOC(C)(C)CC(=O)S[C@@H]1CC2=CC(=O)CCC2(C)C2CCC(C)([C@@]3(C)CCC(=O)O3)CC21. The van der Waals surface area contributed by atoms with Gasteiger partial charge in [-0.1, -0.05) is 31.2 Å². The van der Waals surface area contributed by atoms with Crippen molar-refractivity contribution in [3.63, 3.8) is 0 Å². The highest BCUT2D eigenvalue weighted by Gasteiger charge is 2.60. The van der Waals surface area contributed by atoms with E-state index in [1.165, 1.54) is 17.3 Å². The summed E-state index contributed by atoms with van der Waals surface area (Å²) in [5, 5.41) is 0.305. The third-order valence-electron chi connectivity index (χ3n) is 9.70. The molecule has 0 bridgehead atoms. The van der Waals surface area contributed by atoms with Gasteiger partial charge in [-0.15, -0.1) is 0 Å². The molecule has 0 aromatic carbocycles. The van der Waals surface area contributed by atoms with Crippen LogP contribution in [-0.2, 0) is 23.9 Å². The molecule has 0 N–H and O–H groups in total. The first-order valence-corrected chi connectivity index (χ1v) is 14.0. The van der Waals surface area contributed by atoms with Crippen molar-refractivity contribution in [3.8, 4) is 0 Å². The van der Waals surface area contributed by atoms with Crippen molar-refractivity contribution in [2.24, 2.45) is 22.7 Å². The number of ether oxygens (including phenoxy) is 2. The average molecular weight is 491 g/mol. The Morgan fingerprint density at radius 3 is 2.56 bits per heavy atom. The van der Waals surface area contributed by atoms with E-state index < -0.39 is 11.2 Å². The lowest BCUT2D eigenvalue weighted by atomic mass is 9.48. The maximum Gasteiger partial charge on any atom is 0.306 e. The van der Waals surface area contributed by atoms with Crippen LogP contribution in [0.1, 0.15) is 99.3 Å². The molecular weight excluding hydrogens is 448 g/mol. The van der Waals surface area contributed by atoms with Crippen LogP contribution in [0.3, 0.4) is 0 Å². The van der Waals surface area contributed by atoms with Gasteiger partial charge in [-0.25, -0.2) is 0 Å². The molecule has 4 rings (SSSR count). The highest BCUT2D eigenvalue weighted by Crippen LogP contribution is 2.64. The fourth-order valence-electron chi connectivity index (χ4n) is 7.42. The molecule has 2 saturated carbocycles. The number of thioether (sulfide) groups is 1. The van der Waals surface area contributed by atoms with Crippen LogP contribution in [0.25, 0.3) is 0 Å². The molecule has 0 spiro atoms. The standard InChI is InChI=1S/C28H42O5S/c1-7-32-25(2,3)17-24(31)34-22-15-18-14-19(29)8-12-27(18,5)21-9-11-26(4,16-20(21)22)28(6)13-10-23(30)33-28/h14,20-22H,7-13,15-17H2,1-6H3/t20?,21?,22-,26?,27?,28-/m1/s1. The Bertz CT molecular complexity index is 893. The summed E-state index contributed by atoms with van der Waals surface area (Å²) in [6.07, 6.45) is 8.88. The van der Waals surface area contributed by atoms with E-state index >= 15 is 0 Å². The Labute approximate surface area is 209 Å². The Kier molecular flexibility index (Phi) is 6.91. The van der Waals surface area contributed by atoms with Gasteiger partial charge in [-0.05, 0) is 89.5 Å². The number of fused-ring (bicyclic) bond motifs is 3. The topological polar surface area (TPSA) is 69.7 Å². The number of carbonyl (C=O) groups is 3. The second-order valence-corrected chi connectivity index (χ2v) is 13.7. The fourth-order valence-corrected chi connectivity index (χ4v) is 8.91. The summed E-state index contributed by atoms with van der Waals surface area (Å²) in [6, 6.07) is 0. The molecule has 1 heterocycles. The van der Waals surface area contributed by atoms with Gasteiger partial charge in [0.25, 0.3) is 0 Å². The van der Waals surface area contributed by atoms with Crippen molar-refractivity contribution in [3.05, 3.63) is 11.6 Å². The summed E-state index contributed by atoms with van der Waals surface area (Å²) in [5.41, 5.74) is 0.257. The highest BCUT2D eigenvalue weighted by atomic mass is 32.2. The molecule has 4 unspecified atom stereocenters. The Morgan fingerprint density at radius 2 is 1.91 bits per heavy atom. The second-order valence-electron chi connectivity index (χ2n) is 12.4. The minimum atomic E-state index is -0.478. The first-order chi connectivity index (χ1) is 15.8. The van der Waals surface area contributed by atoms with Gasteiger partial charge >= 0.3 is 5.97 Å². The molecule has 6 heteroatoms. The minimum absolute atomic E-state index is 0.0257. The molecule has 0 radical (unpaired) electrons. The van der Waals surface area contributed by atoms with Crippen molar-refractivity contribution in [2.75, 3.05) is 6.61 Å². The van der Waals surface area contributed by atoms with Crippen LogP contribution < -0.4 is 0 Å². The van der Waals surface area contributed by atoms with Crippen molar-refractivity contribution in [2.45, 2.75) is 116 Å². The van der Waals surface area contributed by atoms with E-state index in [0.717, 1.165) is 38.5 Å². The number of cyclic esters (lactones) is 1. The number of rotatable bonds is 6. The van der Waals surface area contributed by atoms with Crippen LogP contribution >= 0.6 is 11.8 Å². The fraction of sp³-hybridized carbons (Fsp3) is 0.821. The lowest BCUT2D eigenvalue weighted by Gasteiger charge is -2.59. The zero-order valence-electron chi connectivity index (χ0n) is 21.8. The predicted octanol–water partition coefficient (Wildman–Crippen LogP) is 6.04. The summed E-state index contributed by atoms with van der Waals surface area (Å²) in [6.45, 7) is 13.3. The van der Waals surface area contributed by atoms with Crippen molar-refractivity contribution >= 4 is 28.6 Å². The number of ketones is 1. The number of carbonyl (C=O) groups excluding carboxylic acids is 3. The monoisotopic (exact) mass is 490 g/mol. The van der Waals surface area contributed by atoms with Gasteiger partial charge < -0.3 is 9.47 Å². The van der Waals surface area contributed by atoms with Gasteiger partial charge in [-0.3, -0.25) is 14.4 Å². The molecule has 190 valence electrons. The maximum absolute atomic E-state index is 13.2. The summed E-state index contributed by atoms with van der Waals surface area (Å²) in [5.74, 6) is 0.940. The van der Waals surface area contributed by atoms with Gasteiger partial charge in [0.05, 0.1) is 5.60 Å². The van der Waals surface area contributed by atoms with Crippen LogP contribution in [0.15, 0.2) is 11.6 Å². The maximum atomic E-state index is 13.2. The minimum Gasteiger partial charge on any atom is -0.459 e. The zero-order valence-corrected chi connectivity index (χ0v) is 22.6. The third-order valence-corrected chi connectivity index (χ3v) is 10.9. The Balaban J connectivity index is 1.62. The van der Waals surface area contributed by atoms with Gasteiger partial charge in [0, 0.05) is 36.5 Å². The summed E-state index contributed by atoms with van der Waals surface area (Å²) < 4.78 is 11.7. The quantitative estimate of drug-likeness (QED) is 0.423. The number of hydrogen-bond donors (Lipinski definition) is 0. The molecule has 0 aromatic heterocycles. The molecule has 4 aliphatic rings. The molecule has 0 aromatic rings. The molecule has 34 heavy (non-hydrogen) atoms. The van der Waals surface area contributed by atoms with E-state index in [2.05, 4.69) is 20.8 Å². The van der Waals surface area contributed by atoms with E-state index in [-0.39, 0.29) is 32.9 Å². The number of hydrogen-bond acceptors (Lipinski definition) is 6. The zero-order chi connectivity index (χ0) is 24.9. The first-order valence-electron chi connectivity index (χ1n) is 13.1. The van der Waals surface area contributed by atoms with Gasteiger partial charge in [0.15, 0.2) is 10.9 Å². The van der Waals surface area contributed by atoms with Crippen LogP contribution in [-0.4, -0.2) is 39.9 Å². The number of esters is 1. The van der Waals surface area contributed by atoms with Crippen LogP contribution in [0, 0.1) is 22.7 Å². The smallest absolute Gasteiger partial charge is 0.306 e. The van der Waals surface area contributed by atoms with Gasteiger partial charge in [0.2, 0.25) is 0 Å². The third kappa shape index (κ3) is 4.66. The molecule has 1 saturated heterocycles. The summed E-state index contributed by atoms with van der Waals surface area (Å²) in [4.78, 5) is 37.6. The van der Waals surface area contributed by atoms with E-state index in [1.807, 2.05) is 26.8 Å².